The van der Waals surface area contributed by atoms with Gasteiger partial charge in [-0.3, -0.25) is 0 Å². The SMILES string of the molecule is C=CCCCOc1ccc([C@H](C)N)cc1C. The molecule has 0 heterocycles. The number of allylic oxidation sites excluding steroid dienone is 1. The molecule has 88 valence electrons. The lowest BCUT2D eigenvalue weighted by Crippen LogP contribution is -2.06. The summed E-state index contributed by atoms with van der Waals surface area (Å²) in [6, 6.07) is 6.20. The van der Waals surface area contributed by atoms with E-state index in [1.165, 1.54) is 0 Å². The van der Waals surface area contributed by atoms with Crippen molar-refractivity contribution in [1.82, 2.24) is 0 Å². The van der Waals surface area contributed by atoms with E-state index in [2.05, 4.69) is 19.6 Å². The quantitative estimate of drug-likeness (QED) is 0.588. The fourth-order valence-corrected chi connectivity index (χ4v) is 1.53. The number of rotatable bonds is 6. The molecule has 0 unspecified atom stereocenters. The topological polar surface area (TPSA) is 35.2 Å². The van der Waals surface area contributed by atoms with E-state index in [1.807, 2.05) is 25.1 Å². The first kappa shape index (κ1) is 12.8. The second-order valence-corrected chi connectivity index (χ2v) is 4.09. The van der Waals surface area contributed by atoms with Gasteiger partial charge in [0.05, 0.1) is 6.61 Å². The van der Waals surface area contributed by atoms with E-state index in [4.69, 9.17) is 10.5 Å². The number of hydrogen-bond donors (Lipinski definition) is 1. The molecule has 2 heteroatoms. The van der Waals surface area contributed by atoms with Crippen LogP contribution in [-0.4, -0.2) is 6.61 Å². The van der Waals surface area contributed by atoms with Gasteiger partial charge in [-0.05, 0) is 43.9 Å². The third-order valence-corrected chi connectivity index (χ3v) is 2.53. The van der Waals surface area contributed by atoms with Crippen LogP contribution in [0.1, 0.15) is 36.9 Å². The van der Waals surface area contributed by atoms with Crippen LogP contribution < -0.4 is 10.5 Å². The molecule has 0 saturated carbocycles. The van der Waals surface area contributed by atoms with Crippen LogP contribution in [0.25, 0.3) is 0 Å². The monoisotopic (exact) mass is 219 g/mol. The normalized spacial score (nSPS) is 12.2. The highest BCUT2D eigenvalue weighted by atomic mass is 16.5. The van der Waals surface area contributed by atoms with Crippen molar-refractivity contribution in [3.8, 4) is 5.75 Å². The Balaban J connectivity index is 2.57. The van der Waals surface area contributed by atoms with Gasteiger partial charge in [-0.15, -0.1) is 6.58 Å². The Bertz CT molecular complexity index is 345. The van der Waals surface area contributed by atoms with Crippen molar-refractivity contribution >= 4 is 0 Å². The van der Waals surface area contributed by atoms with Crippen LogP contribution in [0.2, 0.25) is 0 Å². The Morgan fingerprint density at radius 1 is 1.50 bits per heavy atom. The molecule has 0 saturated heterocycles. The summed E-state index contributed by atoms with van der Waals surface area (Å²) in [5.41, 5.74) is 8.12. The van der Waals surface area contributed by atoms with Crippen molar-refractivity contribution in [1.29, 1.82) is 0 Å². The molecular weight excluding hydrogens is 198 g/mol. The largest absolute Gasteiger partial charge is 0.493 e. The lowest BCUT2D eigenvalue weighted by atomic mass is 10.1. The molecule has 0 radical (unpaired) electrons. The molecule has 0 aliphatic rings. The van der Waals surface area contributed by atoms with Crippen LogP contribution in [0.3, 0.4) is 0 Å². The van der Waals surface area contributed by atoms with Gasteiger partial charge in [0, 0.05) is 6.04 Å². The highest BCUT2D eigenvalue weighted by molar-refractivity contribution is 5.37. The standard InChI is InChI=1S/C14H21NO/c1-4-5-6-9-16-14-8-7-13(12(3)15)10-11(14)2/h4,7-8,10,12H,1,5-6,9,15H2,2-3H3/t12-/m0/s1. The van der Waals surface area contributed by atoms with Crippen LogP contribution in [0.15, 0.2) is 30.9 Å². The average Bonchev–Trinajstić information content (AvgIpc) is 2.26. The lowest BCUT2D eigenvalue weighted by molar-refractivity contribution is 0.310. The first-order valence-electron chi connectivity index (χ1n) is 5.75. The van der Waals surface area contributed by atoms with Gasteiger partial charge in [0.15, 0.2) is 0 Å². The molecule has 0 spiro atoms. The molecule has 1 aromatic carbocycles. The number of benzene rings is 1. The van der Waals surface area contributed by atoms with Crippen LogP contribution in [0.4, 0.5) is 0 Å². The van der Waals surface area contributed by atoms with Gasteiger partial charge in [-0.2, -0.15) is 0 Å². The summed E-state index contributed by atoms with van der Waals surface area (Å²) in [6.07, 6.45) is 3.92. The molecule has 0 amide bonds. The summed E-state index contributed by atoms with van der Waals surface area (Å²) in [4.78, 5) is 0. The predicted molar refractivity (Wildman–Crippen MR) is 68.7 cm³/mol. The average molecular weight is 219 g/mol. The van der Waals surface area contributed by atoms with Gasteiger partial charge in [0.1, 0.15) is 5.75 Å². The Morgan fingerprint density at radius 2 is 2.25 bits per heavy atom. The third kappa shape index (κ3) is 3.70. The van der Waals surface area contributed by atoms with Gasteiger partial charge in [0.2, 0.25) is 0 Å². The van der Waals surface area contributed by atoms with Crippen LogP contribution >= 0.6 is 0 Å². The van der Waals surface area contributed by atoms with E-state index in [1.54, 1.807) is 0 Å². The highest BCUT2D eigenvalue weighted by Crippen LogP contribution is 2.22. The summed E-state index contributed by atoms with van der Waals surface area (Å²) >= 11 is 0. The Labute approximate surface area is 98.1 Å². The van der Waals surface area contributed by atoms with Crippen molar-refractivity contribution in [3.05, 3.63) is 42.0 Å². The van der Waals surface area contributed by atoms with Gasteiger partial charge in [0.25, 0.3) is 0 Å². The van der Waals surface area contributed by atoms with Crippen molar-refractivity contribution in [2.24, 2.45) is 5.73 Å². The fraction of sp³-hybridized carbons (Fsp3) is 0.429. The molecule has 2 nitrogen and oxygen atoms in total. The maximum atomic E-state index is 5.82. The second kappa shape index (κ2) is 6.33. The van der Waals surface area contributed by atoms with E-state index in [0.29, 0.717) is 0 Å². The van der Waals surface area contributed by atoms with Crippen molar-refractivity contribution in [3.63, 3.8) is 0 Å². The first-order chi connectivity index (χ1) is 7.65. The Hall–Kier alpha value is -1.28. The van der Waals surface area contributed by atoms with Gasteiger partial charge < -0.3 is 10.5 Å². The zero-order valence-electron chi connectivity index (χ0n) is 10.2. The smallest absolute Gasteiger partial charge is 0.122 e. The lowest BCUT2D eigenvalue weighted by Gasteiger charge is -2.12. The molecular formula is C14H21NO. The van der Waals surface area contributed by atoms with E-state index in [-0.39, 0.29) is 6.04 Å². The number of unbranched alkanes of at least 4 members (excludes halogenated alkanes) is 1. The fourth-order valence-electron chi connectivity index (χ4n) is 1.53. The molecule has 0 aliphatic heterocycles. The van der Waals surface area contributed by atoms with E-state index >= 15 is 0 Å². The molecule has 0 bridgehead atoms. The van der Waals surface area contributed by atoms with Gasteiger partial charge in [-0.25, -0.2) is 0 Å². The molecule has 1 atom stereocenters. The van der Waals surface area contributed by atoms with E-state index in [0.717, 1.165) is 36.3 Å². The number of nitrogens with two attached hydrogens (primary N) is 1. The summed E-state index contributed by atoms with van der Waals surface area (Å²) in [5.74, 6) is 0.952. The third-order valence-electron chi connectivity index (χ3n) is 2.53. The van der Waals surface area contributed by atoms with Crippen molar-refractivity contribution in [2.45, 2.75) is 32.7 Å². The summed E-state index contributed by atoms with van der Waals surface area (Å²) in [6.45, 7) is 8.46. The van der Waals surface area contributed by atoms with E-state index < -0.39 is 0 Å². The molecule has 16 heavy (non-hydrogen) atoms. The highest BCUT2D eigenvalue weighted by Gasteiger charge is 2.03. The van der Waals surface area contributed by atoms with Crippen LogP contribution in [0, 0.1) is 6.92 Å². The zero-order valence-corrected chi connectivity index (χ0v) is 10.2. The second-order valence-electron chi connectivity index (χ2n) is 4.09. The summed E-state index contributed by atoms with van der Waals surface area (Å²) in [7, 11) is 0. The maximum Gasteiger partial charge on any atom is 0.122 e. The number of ether oxygens (including phenoxy) is 1. The van der Waals surface area contributed by atoms with Crippen LogP contribution in [0.5, 0.6) is 5.75 Å². The molecule has 2 N–H and O–H groups in total. The minimum absolute atomic E-state index is 0.0773. The summed E-state index contributed by atoms with van der Waals surface area (Å²) in [5, 5.41) is 0. The van der Waals surface area contributed by atoms with Crippen molar-refractivity contribution < 1.29 is 4.74 Å². The molecule has 0 aliphatic carbocycles. The minimum atomic E-state index is 0.0773. The summed E-state index contributed by atoms with van der Waals surface area (Å²) < 4.78 is 5.68. The number of aryl methyl sites for hydroxylation is 1. The molecule has 0 fully saturated rings. The molecule has 1 aromatic rings. The van der Waals surface area contributed by atoms with Gasteiger partial charge in [-0.1, -0.05) is 18.2 Å². The first-order valence-corrected chi connectivity index (χ1v) is 5.75. The molecule has 0 aromatic heterocycles. The zero-order chi connectivity index (χ0) is 12.0. The number of hydrogen-bond acceptors (Lipinski definition) is 2. The van der Waals surface area contributed by atoms with Crippen LogP contribution in [-0.2, 0) is 0 Å². The van der Waals surface area contributed by atoms with Gasteiger partial charge >= 0.3 is 0 Å². The predicted octanol–water partition coefficient (Wildman–Crippen LogP) is 3.36. The van der Waals surface area contributed by atoms with Crippen molar-refractivity contribution in [2.75, 3.05) is 6.61 Å². The maximum absolute atomic E-state index is 5.82. The van der Waals surface area contributed by atoms with E-state index in [9.17, 15) is 0 Å². The molecule has 1 rings (SSSR count). The minimum Gasteiger partial charge on any atom is -0.493 e. The Morgan fingerprint density at radius 3 is 2.81 bits per heavy atom. The Kier molecular flexibility index (Phi) is 5.06.